The lowest BCUT2D eigenvalue weighted by Crippen LogP contribution is -2.46. The van der Waals surface area contributed by atoms with Crippen molar-refractivity contribution < 1.29 is 0 Å². The van der Waals surface area contributed by atoms with Gasteiger partial charge in [-0.1, -0.05) is 13.8 Å². The van der Waals surface area contributed by atoms with Gasteiger partial charge < -0.3 is 10.6 Å². The van der Waals surface area contributed by atoms with E-state index in [1.807, 2.05) is 14.1 Å². The van der Waals surface area contributed by atoms with Gasteiger partial charge in [-0.2, -0.15) is 0 Å². The second-order valence-electron chi connectivity index (χ2n) is 6.10. The molecule has 4 heteroatoms. The van der Waals surface area contributed by atoms with Gasteiger partial charge in [0, 0.05) is 50.7 Å². The van der Waals surface area contributed by atoms with Crippen LogP contribution in [0.4, 0.5) is 0 Å². The van der Waals surface area contributed by atoms with Crippen molar-refractivity contribution in [2.24, 2.45) is 15.4 Å². The second-order valence-corrected chi connectivity index (χ2v) is 6.10. The van der Waals surface area contributed by atoms with Crippen LogP contribution in [0.5, 0.6) is 0 Å². The van der Waals surface area contributed by atoms with E-state index in [2.05, 4.69) is 62.2 Å². The summed E-state index contributed by atoms with van der Waals surface area (Å²) in [5, 5.41) is 7.08. The molecule has 0 aliphatic carbocycles. The first-order valence-corrected chi connectivity index (χ1v) is 7.07. The average molecular weight is 268 g/mol. The van der Waals surface area contributed by atoms with Gasteiger partial charge in [0.1, 0.15) is 0 Å². The molecule has 0 bridgehead atoms. The van der Waals surface area contributed by atoms with E-state index in [1.165, 1.54) is 0 Å². The highest BCUT2D eigenvalue weighted by molar-refractivity contribution is 5.87. The predicted molar refractivity (Wildman–Crippen MR) is 86.8 cm³/mol. The van der Waals surface area contributed by atoms with Crippen molar-refractivity contribution in [3.8, 4) is 0 Å². The van der Waals surface area contributed by atoms with Crippen molar-refractivity contribution in [3.05, 3.63) is 0 Å². The van der Waals surface area contributed by atoms with Crippen LogP contribution in [0.3, 0.4) is 0 Å². The quantitative estimate of drug-likeness (QED) is 0.663. The fourth-order valence-corrected chi connectivity index (χ4v) is 1.60. The summed E-state index contributed by atoms with van der Waals surface area (Å²) >= 11 is 0. The van der Waals surface area contributed by atoms with E-state index in [9.17, 15) is 0 Å². The maximum absolute atomic E-state index is 4.22. The SMILES string of the molecule is CN=C(C)C(C)NCC(C)(C)CNC(C)C(C)=NC. The predicted octanol–water partition coefficient (Wildman–Crippen LogP) is 2.15. The summed E-state index contributed by atoms with van der Waals surface area (Å²) < 4.78 is 0. The Labute approximate surface area is 119 Å². The van der Waals surface area contributed by atoms with Gasteiger partial charge in [0.05, 0.1) is 0 Å². The molecule has 0 aliphatic rings. The van der Waals surface area contributed by atoms with Gasteiger partial charge in [0.15, 0.2) is 0 Å². The minimum absolute atomic E-state index is 0.199. The average Bonchev–Trinajstić information content (AvgIpc) is 2.40. The van der Waals surface area contributed by atoms with Gasteiger partial charge in [-0.3, -0.25) is 9.98 Å². The molecular weight excluding hydrogens is 236 g/mol. The van der Waals surface area contributed by atoms with Crippen LogP contribution < -0.4 is 10.6 Å². The monoisotopic (exact) mass is 268 g/mol. The van der Waals surface area contributed by atoms with Crippen LogP contribution in [-0.2, 0) is 0 Å². The first-order chi connectivity index (χ1) is 8.73. The maximum Gasteiger partial charge on any atom is 0.0419 e. The fourth-order valence-electron chi connectivity index (χ4n) is 1.60. The zero-order chi connectivity index (χ0) is 15.1. The summed E-state index contributed by atoms with van der Waals surface area (Å²) in [5.74, 6) is 0. The maximum atomic E-state index is 4.22. The zero-order valence-corrected chi connectivity index (χ0v) is 14.0. The molecule has 112 valence electrons. The van der Waals surface area contributed by atoms with Crippen LogP contribution in [0.1, 0.15) is 41.5 Å². The van der Waals surface area contributed by atoms with Crippen LogP contribution in [0.2, 0.25) is 0 Å². The Balaban J connectivity index is 4.19. The number of hydrogen-bond acceptors (Lipinski definition) is 4. The van der Waals surface area contributed by atoms with Crippen LogP contribution in [0.25, 0.3) is 0 Å². The van der Waals surface area contributed by atoms with Crippen LogP contribution in [-0.4, -0.2) is 50.7 Å². The Hall–Kier alpha value is -0.740. The lowest BCUT2D eigenvalue weighted by Gasteiger charge is -2.29. The molecule has 0 aromatic carbocycles. The summed E-state index contributed by atoms with van der Waals surface area (Å²) in [7, 11) is 3.68. The smallest absolute Gasteiger partial charge is 0.0419 e. The molecule has 0 amide bonds. The molecule has 2 unspecified atom stereocenters. The summed E-state index contributed by atoms with van der Waals surface area (Å²) in [6, 6.07) is 0.668. The van der Waals surface area contributed by atoms with Crippen LogP contribution in [0, 0.1) is 5.41 Å². The van der Waals surface area contributed by atoms with Crippen molar-refractivity contribution in [2.45, 2.75) is 53.6 Å². The molecule has 0 fully saturated rings. The highest BCUT2D eigenvalue weighted by atomic mass is 15.0. The molecule has 19 heavy (non-hydrogen) atoms. The van der Waals surface area contributed by atoms with E-state index in [1.54, 1.807) is 0 Å². The van der Waals surface area contributed by atoms with E-state index >= 15 is 0 Å². The molecule has 0 aliphatic heterocycles. The van der Waals surface area contributed by atoms with Gasteiger partial charge in [-0.05, 0) is 33.1 Å². The largest absolute Gasteiger partial charge is 0.309 e. The lowest BCUT2D eigenvalue weighted by molar-refractivity contribution is 0.314. The van der Waals surface area contributed by atoms with Crippen molar-refractivity contribution in [1.82, 2.24) is 10.6 Å². The Bertz CT molecular complexity index is 288. The van der Waals surface area contributed by atoms with Gasteiger partial charge in [0.2, 0.25) is 0 Å². The Morgan fingerprint density at radius 3 is 1.47 bits per heavy atom. The third-order valence-corrected chi connectivity index (χ3v) is 3.73. The molecule has 0 radical (unpaired) electrons. The molecule has 4 nitrogen and oxygen atoms in total. The molecule has 0 aromatic heterocycles. The second kappa shape index (κ2) is 8.43. The fraction of sp³-hybridized carbons (Fsp3) is 0.867. The molecule has 2 atom stereocenters. The molecule has 0 spiro atoms. The summed E-state index contributed by atoms with van der Waals surface area (Å²) in [5.41, 5.74) is 2.49. The third kappa shape index (κ3) is 7.43. The van der Waals surface area contributed by atoms with Crippen molar-refractivity contribution in [2.75, 3.05) is 27.2 Å². The molecule has 0 aromatic rings. The topological polar surface area (TPSA) is 48.8 Å². The van der Waals surface area contributed by atoms with Crippen LogP contribution in [0.15, 0.2) is 9.98 Å². The highest BCUT2D eigenvalue weighted by Crippen LogP contribution is 2.12. The number of aliphatic imine (C=N–C) groups is 2. The van der Waals surface area contributed by atoms with E-state index in [4.69, 9.17) is 0 Å². The minimum Gasteiger partial charge on any atom is -0.309 e. The van der Waals surface area contributed by atoms with Crippen molar-refractivity contribution in [3.63, 3.8) is 0 Å². The normalized spacial score (nSPS) is 17.5. The summed E-state index contributed by atoms with van der Waals surface area (Å²) in [4.78, 5) is 8.44. The Morgan fingerprint density at radius 2 is 1.21 bits per heavy atom. The number of nitrogens with zero attached hydrogens (tertiary/aromatic N) is 2. The van der Waals surface area contributed by atoms with E-state index in [0.29, 0.717) is 12.1 Å². The Morgan fingerprint density at radius 1 is 0.895 bits per heavy atom. The number of rotatable bonds is 8. The van der Waals surface area contributed by atoms with Gasteiger partial charge in [0.25, 0.3) is 0 Å². The van der Waals surface area contributed by atoms with Gasteiger partial charge in [-0.25, -0.2) is 0 Å². The molecule has 0 heterocycles. The molecule has 0 saturated carbocycles. The Kier molecular flexibility index (Phi) is 8.11. The van der Waals surface area contributed by atoms with Gasteiger partial charge in [-0.15, -0.1) is 0 Å². The van der Waals surface area contributed by atoms with Crippen molar-refractivity contribution >= 4 is 11.4 Å². The molecule has 0 saturated heterocycles. The third-order valence-electron chi connectivity index (χ3n) is 3.73. The van der Waals surface area contributed by atoms with Crippen LogP contribution >= 0.6 is 0 Å². The minimum atomic E-state index is 0.199. The molecule has 2 N–H and O–H groups in total. The highest BCUT2D eigenvalue weighted by Gasteiger charge is 2.20. The lowest BCUT2D eigenvalue weighted by atomic mass is 9.92. The summed E-state index contributed by atoms with van der Waals surface area (Å²) in [6.07, 6.45) is 0. The number of hydrogen-bond donors (Lipinski definition) is 2. The van der Waals surface area contributed by atoms with Gasteiger partial charge >= 0.3 is 0 Å². The van der Waals surface area contributed by atoms with E-state index in [0.717, 1.165) is 24.5 Å². The summed E-state index contributed by atoms with van der Waals surface area (Å²) in [6.45, 7) is 14.9. The molecular formula is C15H32N4. The first-order valence-electron chi connectivity index (χ1n) is 7.07. The molecule has 0 rings (SSSR count). The standard InChI is InChI=1S/C15H32N4/c1-11(16-7)13(3)18-9-15(5,6)10-19-14(4)12(2)17-8/h13-14,18-19H,9-10H2,1-8H3. The number of nitrogens with one attached hydrogen (secondary N) is 2. The van der Waals surface area contributed by atoms with E-state index < -0.39 is 0 Å². The van der Waals surface area contributed by atoms with Crippen molar-refractivity contribution in [1.29, 1.82) is 0 Å². The first kappa shape index (κ1) is 18.3. The zero-order valence-electron chi connectivity index (χ0n) is 14.0. The van der Waals surface area contributed by atoms with E-state index in [-0.39, 0.29) is 5.41 Å².